The summed E-state index contributed by atoms with van der Waals surface area (Å²) in [7, 11) is 0. The molecule has 6 nitrogen and oxygen atoms in total. The molecule has 0 aromatic heterocycles. The summed E-state index contributed by atoms with van der Waals surface area (Å²) in [5.74, 6) is -3.58. The number of ether oxygens (including phenoxy) is 2. The van der Waals surface area contributed by atoms with Crippen molar-refractivity contribution in [3.63, 3.8) is 0 Å². The van der Waals surface area contributed by atoms with Gasteiger partial charge in [-0.25, -0.2) is 4.79 Å². The molecule has 0 heterocycles. The highest BCUT2D eigenvalue weighted by atomic mass is 16.6. The lowest BCUT2D eigenvalue weighted by atomic mass is 9.78. The summed E-state index contributed by atoms with van der Waals surface area (Å²) in [5.41, 5.74) is -1.93. The van der Waals surface area contributed by atoms with Gasteiger partial charge in [-0.3, -0.25) is 9.59 Å². The van der Waals surface area contributed by atoms with Crippen LogP contribution in [0.5, 0.6) is 0 Å². The average Bonchev–Trinajstić information content (AvgIpc) is 2.48. The molecule has 1 N–H and O–H groups in total. The van der Waals surface area contributed by atoms with Crippen LogP contribution >= 0.6 is 0 Å². The Labute approximate surface area is 135 Å². The normalized spacial score (nSPS) is 14.4. The lowest BCUT2D eigenvalue weighted by Crippen LogP contribution is -2.50. The Morgan fingerprint density at radius 2 is 1.65 bits per heavy atom. The highest BCUT2D eigenvalue weighted by Crippen LogP contribution is 2.34. The van der Waals surface area contributed by atoms with E-state index in [0.29, 0.717) is 5.56 Å². The van der Waals surface area contributed by atoms with Crippen molar-refractivity contribution in [2.24, 2.45) is 0 Å². The van der Waals surface area contributed by atoms with Crippen molar-refractivity contribution < 1.29 is 29.0 Å². The third kappa shape index (κ3) is 4.63. The molecule has 2 atom stereocenters. The number of ketones is 1. The highest BCUT2D eigenvalue weighted by molar-refractivity contribution is 5.95. The van der Waals surface area contributed by atoms with Gasteiger partial charge in [0.1, 0.15) is 11.7 Å². The van der Waals surface area contributed by atoms with Crippen molar-refractivity contribution in [2.45, 2.75) is 38.7 Å². The summed E-state index contributed by atoms with van der Waals surface area (Å²) in [6.45, 7) is 4.53. The third-order valence-electron chi connectivity index (χ3n) is 3.28. The van der Waals surface area contributed by atoms with Gasteiger partial charge in [0.25, 0.3) is 0 Å². The Morgan fingerprint density at radius 1 is 1.09 bits per heavy atom. The standard InChI is InChI=1S/C17H22O6/c1-4-22-15(19)14(13-9-7-6-8-10-13)17(21,11-12(3)18)16(20)23-5-2/h6-10,14,21H,4-5,11H2,1-3H3/t14-,17-/m1/s1. The predicted octanol–water partition coefficient (Wildman–Crippen LogP) is 1.61. The second-order valence-corrected chi connectivity index (χ2v) is 5.12. The molecule has 0 saturated carbocycles. The van der Waals surface area contributed by atoms with Crippen molar-refractivity contribution >= 4 is 17.7 Å². The molecule has 126 valence electrons. The van der Waals surface area contributed by atoms with Gasteiger partial charge in [-0.1, -0.05) is 30.3 Å². The summed E-state index contributed by atoms with van der Waals surface area (Å²) < 4.78 is 9.89. The number of esters is 2. The fourth-order valence-electron chi connectivity index (χ4n) is 2.41. The zero-order valence-electron chi connectivity index (χ0n) is 13.6. The molecule has 0 aliphatic carbocycles. The molecule has 0 unspecified atom stereocenters. The monoisotopic (exact) mass is 322 g/mol. The van der Waals surface area contributed by atoms with Gasteiger partial charge in [0.2, 0.25) is 0 Å². The Morgan fingerprint density at radius 3 is 2.13 bits per heavy atom. The van der Waals surface area contributed by atoms with E-state index in [1.54, 1.807) is 44.2 Å². The quantitative estimate of drug-likeness (QED) is 0.731. The average molecular weight is 322 g/mol. The molecule has 1 aromatic rings. The van der Waals surface area contributed by atoms with Gasteiger partial charge in [0.15, 0.2) is 5.60 Å². The van der Waals surface area contributed by atoms with Crippen LogP contribution in [0.3, 0.4) is 0 Å². The first-order valence-electron chi connectivity index (χ1n) is 7.47. The number of benzene rings is 1. The Bertz CT molecular complexity index is 553. The molecule has 1 rings (SSSR count). The maximum Gasteiger partial charge on any atom is 0.339 e. The molecular weight excluding hydrogens is 300 g/mol. The van der Waals surface area contributed by atoms with E-state index in [1.807, 2.05) is 0 Å². The van der Waals surface area contributed by atoms with Crippen LogP contribution in [0, 0.1) is 0 Å². The topological polar surface area (TPSA) is 89.9 Å². The Hall–Kier alpha value is -2.21. The van der Waals surface area contributed by atoms with Crippen molar-refractivity contribution in [2.75, 3.05) is 13.2 Å². The second kappa shape index (κ2) is 8.43. The number of carbonyl (C=O) groups is 3. The first-order valence-corrected chi connectivity index (χ1v) is 7.47. The van der Waals surface area contributed by atoms with E-state index in [9.17, 15) is 19.5 Å². The van der Waals surface area contributed by atoms with Gasteiger partial charge in [-0.2, -0.15) is 0 Å². The van der Waals surface area contributed by atoms with Crippen molar-refractivity contribution in [3.05, 3.63) is 35.9 Å². The molecule has 6 heteroatoms. The van der Waals surface area contributed by atoms with Crippen LogP contribution in [0.2, 0.25) is 0 Å². The highest BCUT2D eigenvalue weighted by Gasteiger charge is 2.51. The molecule has 0 bridgehead atoms. The van der Waals surface area contributed by atoms with E-state index in [2.05, 4.69) is 0 Å². The molecule has 0 spiro atoms. The van der Waals surface area contributed by atoms with Gasteiger partial charge >= 0.3 is 11.9 Å². The summed E-state index contributed by atoms with van der Waals surface area (Å²) in [6.07, 6.45) is -0.537. The van der Waals surface area contributed by atoms with Crippen LogP contribution in [-0.2, 0) is 23.9 Å². The van der Waals surface area contributed by atoms with Gasteiger partial charge in [0, 0.05) is 6.42 Å². The Kier molecular flexibility index (Phi) is 6.90. The predicted molar refractivity (Wildman–Crippen MR) is 82.7 cm³/mol. The van der Waals surface area contributed by atoms with Gasteiger partial charge in [-0.15, -0.1) is 0 Å². The van der Waals surface area contributed by atoms with E-state index < -0.39 is 35.7 Å². The van der Waals surface area contributed by atoms with Crippen molar-refractivity contribution in [1.82, 2.24) is 0 Å². The van der Waals surface area contributed by atoms with Gasteiger partial charge in [0.05, 0.1) is 13.2 Å². The van der Waals surface area contributed by atoms with E-state index >= 15 is 0 Å². The smallest absolute Gasteiger partial charge is 0.339 e. The van der Waals surface area contributed by atoms with Crippen LogP contribution in [0.25, 0.3) is 0 Å². The second-order valence-electron chi connectivity index (χ2n) is 5.12. The zero-order chi connectivity index (χ0) is 17.5. The third-order valence-corrected chi connectivity index (χ3v) is 3.28. The van der Waals surface area contributed by atoms with Crippen molar-refractivity contribution in [3.8, 4) is 0 Å². The molecule has 0 aliphatic heterocycles. The van der Waals surface area contributed by atoms with Gasteiger partial charge in [-0.05, 0) is 26.3 Å². The van der Waals surface area contributed by atoms with E-state index in [-0.39, 0.29) is 13.2 Å². The van der Waals surface area contributed by atoms with E-state index in [0.717, 1.165) is 0 Å². The molecule has 1 aromatic carbocycles. The lowest BCUT2D eigenvalue weighted by molar-refractivity contribution is -0.177. The molecule has 0 fully saturated rings. The summed E-state index contributed by atoms with van der Waals surface area (Å²) >= 11 is 0. The fourth-order valence-corrected chi connectivity index (χ4v) is 2.41. The molecule has 23 heavy (non-hydrogen) atoms. The fraction of sp³-hybridized carbons (Fsp3) is 0.471. The largest absolute Gasteiger partial charge is 0.465 e. The van der Waals surface area contributed by atoms with E-state index in [1.165, 1.54) is 6.92 Å². The van der Waals surface area contributed by atoms with Crippen LogP contribution < -0.4 is 0 Å². The first-order chi connectivity index (χ1) is 10.9. The first kappa shape index (κ1) is 18.8. The molecule has 0 radical (unpaired) electrons. The van der Waals surface area contributed by atoms with Gasteiger partial charge < -0.3 is 14.6 Å². The van der Waals surface area contributed by atoms with Crippen LogP contribution in [0.15, 0.2) is 30.3 Å². The molecule has 0 saturated heterocycles. The molecular formula is C17H22O6. The summed E-state index contributed by atoms with van der Waals surface area (Å²) in [4.78, 5) is 36.2. The SMILES string of the molecule is CCOC(=O)[C@@H](c1ccccc1)[C@](O)(CC(C)=O)C(=O)OCC. The minimum atomic E-state index is -2.31. The minimum absolute atomic E-state index is 0.0172. The number of rotatable bonds is 8. The number of aliphatic hydroxyl groups is 1. The van der Waals surface area contributed by atoms with E-state index in [4.69, 9.17) is 9.47 Å². The zero-order valence-corrected chi connectivity index (χ0v) is 13.6. The molecule has 0 aliphatic rings. The maximum absolute atomic E-state index is 12.4. The molecule has 0 amide bonds. The van der Waals surface area contributed by atoms with Crippen LogP contribution in [0.1, 0.15) is 38.7 Å². The Balaban J connectivity index is 3.39. The maximum atomic E-state index is 12.4. The lowest BCUT2D eigenvalue weighted by Gasteiger charge is -2.32. The summed E-state index contributed by atoms with van der Waals surface area (Å²) in [5, 5.41) is 10.9. The number of Topliss-reactive ketones (excluding diaryl/α,β-unsaturated/α-hetero) is 1. The number of hydrogen-bond donors (Lipinski definition) is 1. The van der Waals surface area contributed by atoms with Crippen molar-refractivity contribution in [1.29, 1.82) is 0 Å². The number of hydrogen-bond acceptors (Lipinski definition) is 6. The summed E-state index contributed by atoms with van der Waals surface area (Å²) in [6, 6.07) is 8.25. The van der Waals surface area contributed by atoms with Crippen LogP contribution in [-0.4, -0.2) is 41.6 Å². The minimum Gasteiger partial charge on any atom is -0.465 e. The number of carbonyl (C=O) groups excluding carboxylic acids is 3. The van der Waals surface area contributed by atoms with Crippen LogP contribution in [0.4, 0.5) is 0 Å².